The molecule has 11 heteroatoms. The van der Waals surface area contributed by atoms with Gasteiger partial charge < -0.3 is 9.47 Å². The maximum absolute atomic E-state index is 13.6. The number of non-ortho nitro benzene ring substituents is 1. The van der Waals surface area contributed by atoms with Crippen molar-refractivity contribution in [3.8, 4) is 11.5 Å². The van der Waals surface area contributed by atoms with E-state index in [1.54, 1.807) is 42.4 Å². The number of rotatable bonds is 9. The van der Waals surface area contributed by atoms with Crippen LogP contribution in [0.4, 0.5) is 11.4 Å². The molecule has 1 amide bonds. The molecule has 1 aliphatic heterocycles. The number of nitro groups is 1. The van der Waals surface area contributed by atoms with Gasteiger partial charge in [-0.1, -0.05) is 65.7 Å². The number of para-hydroxylation sites is 1. The highest BCUT2D eigenvalue weighted by atomic mass is 35.5. The lowest BCUT2D eigenvalue weighted by molar-refractivity contribution is -0.384. The van der Waals surface area contributed by atoms with Crippen molar-refractivity contribution in [2.75, 3.05) is 7.11 Å². The first kappa shape index (κ1) is 29.2. The number of carbonyl (C=O) groups excluding carboxylic acids is 1. The van der Waals surface area contributed by atoms with Crippen molar-refractivity contribution in [2.45, 2.75) is 13.2 Å². The number of halogens is 2. The molecule has 8 nitrogen and oxygen atoms in total. The number of benzene rings is 4. The lowest BCUT2D eigenvalue weighted by Gasteiger charge is -2.16. The normalized spacial score (nSPS) is 14.9. The molecule has 1 saturated heterocycles. The number of ether oxygens (including phenoxy) is 2. The number of hydrogen-bond donors (Lipinski definition) is 0. The van der Waals surface area contributed by atoms with Gasteiger partial charge in [0, 0.05) is 12.1 Å². The standard InChI is InChI=1S/C31H23Cl2N3O5S/c1-40-25-12-10-20(11-13-25)18-35-30(37)28(42-31(35)34-23-7-3-2-4-8-23)17-22-15-26(32)29(27(33)16-22)41-19-21-6-5-9-24(14-21)36(38)39/h2-17H,18-19H2,1H3/b28-17-,34-31?. The summed E-state index contributed by atoms with van der Waals surface area (Å²) in [4.78, 5) is 31.0. The van der Waals surface area contributed by atoms with Crippen LogP contribution < -0.4 is 9.47 Å². The van der Waals surface area contributed by atoms with E-state index in [0.29, 0.717) is 27.7 Å². The van der Waals surface area contributed by atoms with E-state index in [1.165, 1.54) is 23.9 Å². The number of hydrogen-bond acceptors (Lipinski definition) is 7. The molecule has 5 rings (SSSR count). The number of aliphatic imine (C=N–C) groups is 1. The molecular formula is C31H23Cl2N3O5S. The highest BCUT2D eigenvalue weighted by Gasteiger charge is 2.33. The van der Waals surface area contributed by atoms with Crippen LogP contribution in [-0.4, -0.2) is 28.0 Å². The Bertz CT molecular complexity index is 1670. The van der Waals surface area contributed by atoms with Crippen molar-refractivity contribution < 1.29 is 19.2 Å². The van der Waals surface area contributed by atoms with Gasteiger partial charge in [0.05, 0.1) is 39.2 Å². The summed E-state index contributed by atoms with van der Waals surface area (Å²) in [5, 5.41) is 12.1. The van der Waals surface area contributed by atoms with Crippen molar-refractivity contribution in [1.29, 1.82) is 0 Å². The Morgan fingerprint density at radius 2 is 1.67 bits per heavy atom. The fourth-order valence-electron chi connectivity index (χ4n) is 4.12. The topological polar surface area (TPSA) is 94.3 Å². The molecule has 0 radical (unpaired) electrons. The van der Waals surface area contributed by atoms with Gasteiger partial charge in [-0.25, -0.2) is 4.99 Å². The Hall–Kier alpha value is -4.31. The van der Waals surface area contributed by atoms with Crippen LogP contribution in [0.5, 0.6) is 11.5 Å². The largest absolute Gasteiger partial charge is 0.497 e. The monoisotopic (exact) mass is 619 g/mol. The summed E-state index contributed by atoms with van der Waals surface area (Å²) in [6.45, 7) is 0.361. The molecule has 0 aliphatic carbocycles. The van der Waals surface area contributed by atoms with E-state index in [0.717, 1.165) is 17.0 Å². The number of thioether (sulfide) groups is 1. The predicted molar refractivity (Wildman–Crippen MR) is 167 cm³/mol. The summed E-state index contributed by atoms with van der Waals surface area (Å²) < 4.78 is 11.1. The van der Waals surface area contributed by atoms with Crippen LogP contribution in [0.15, 0.2) is 101 Å². The Labute approximate surface area is 256 Å². The second-order valence-corrected chi connectivity index (χ2v) is 10.9. The van der Waals surface area contributed by atoms with E-state index in [2.05, 4.69) is 0 Å². The Morgan fingerprint density at radius 3 is 2.33 bits per heavy atom. The molecule has 0 atom stereocenters. The molecule has 1 aliphatic rings. The molecule has 0 N–H and O–H groups in total. The summed E-state index contributed by atoms with van der Waals surface area (Å²) in [5.74, 6) is 0.763. The number of amidine groups is 1. The van der Waals surface area contributed by atoms with Crippen LogP contribution in [0.3, 0.4) is 0 Å². The zero-order valence-corrected chi connectivity index (χ0v) is 24.5. The van der Waals surface area contributed by atoms with Crippen LogP contribution in [0.1, 0.15) is 16.7 Å². The summed E-state index contributed by atoms with van der Waals surface area (Å²) in [6, 6.07) is 26.4. The minimum Gasteiger partial charge on any atom is -0.497 e. The van der Waals surface area contributed by atoms with Gasteiger partial charge in [0.2, 0.25) is 0 Å². The summed E-state index contributed by atoms with van der Waals surface area (Å²) in [6.07, 6.45) is 1.71. The van der Waals surface area contributed by atoms with Gasteiger partial charge in [-0.15, -0.1) is 0 Å². The number of amides is 1. The van der Waals surface area contributed by atoms with E-state index in [9.17, 15) is 14.9 Å². The fraction of sp³-hybridized carbons (Fsp3) is 0.0968. The predicted octanol–water partition coefficient (Wildman–Crippen LogP) is 8.29. The molecular weight excluding hydrogens is 597 g/mol. The Kier molecular flexibility index (Phi) is 9.12. The summed E-state index contributed by atoms with van der Waals surface area (Å²) in [5.41, 5.74) is 2.81. The molecule has 0 aromatic heterocycles. The van der Waals surface area contributed by atoms with Crippen LogP contribution in [0.2, 0.25) is 10.0 Å². The van der Waals surface area contributed by atoms with Gasteiger partial charge in [0.25, 0.3) is 11.6 Å². The molecule has 1 fully saturated rings. The van der Waals surface area contributed by atoms with Crippen molar-refractivity contribution >= 4 is 63.5 Å². The van der Waals surface area contributed by atoms with Gasteiger partial charge in [-0.3, -0.25) is 19.8 Å². The smallest absolute Gasteiger partial charge is 0.269 e. The maximum Gasteiger partial charge on any atom is 0.269 e. The van der Waals surface area contributed by atoms with Crippen LogP contribution in [0, 0.1) is 10.1 Å². The fourth-order valence-corrected chi connectivity index (χ4v) is 5.74. The first-order valence-electron chi connectivity index (χ1n) is 12.6. The third-order valence-electron chi connectivity index (χ3n) is 6.19. The number of carbonyl (C=O) groups is 1. The maximum atomic E-state index is 13.6. The van der Waals surface area contributed by atoms with Crippen LogP contribution >= 0.6 is 35.0 Å². The highest BCUT2D eigenvalue weighted by Crippen LogP contribution is 2.39. The van der Waals surface area contributed by atoms with Gasteiger partial charge >= 0.3 is 0 Å². The second-order valence-electron chi connectivity index (χ2n) is 9.11. The van der Waals surface area contributed by atoms with Crippen molar-refractivity contribution in [3.05, 3.63) is 133 Å². The second kappa shape index (κ2) is 13.1. The molecule has 1 heterocycles. The lowest BCUT2D eigenvalue weighted by Crippen LogP contribution is -2.28. The average molecular weight is 621 g/mol. The first-order chi connectivity index (χ1) is 20.3. The first-order valence-corrected chi connectivity index (χ1v) is 14.2. The molecule has 0 spiro atoms. The average Bonchev–Trinajstić information content (AvgIpc) is 3.26. The Morgan fingerprint density at radius 1 is 0.952 bits per heavy atom. The van der Waals surface area contributed by atoms with E-state index >= 15 is 0 Å². The molecule has 212 valence electrons. The quantitative estimate of drug-likeness (QED) is 0.106. The molecule has 0 bridgehead atoms. The minimum absolute atomic E-state index is 0.0368. The van der Waals surface area contributed by atoms with E-state index in [-0.39, 0.29) is 34.0 Å². The SMILES string of the molecule is COc1ccc(CN2C(=O)/C(=C/c3cc(Cl)c(OCc4cccc([N+](=O)[O-])c4)c(Cl)c3)SC2=Nc2ccccc2)cc1. The zero-order valence-electron chi connectivity index (χ0n) is 22.2. The lowest BCUT2D eigenvalue weighted by atomic mass is 10.1. The third kappa shape index (κ3) is 6.94. The van der Waals surface area contributed by atoms with E-state index < -0.39 is 4.92 Å². The van der Waals surface area contributed by atoms with Crippen LogP contribution in [-0.2, 0) is 17.9 Å². The molecule has 42 heavy (non-hydrogen) atoms. The van der Waals surface area contributed by atoms with Gasteiger partial charge in [0.1, 0.15) is 12.4 Å². The third-order valence-corrected chi connectivity index (χ3v) is 7.76. The van der Waals surface area contributed by atoms with E-state index in [1.807, 2.05) is 54.6 Å². The minimum atomic E-state index is -0.470. The molecule has 0 unspecified atom stereocenters. The number of nitro benzene ring substituents is 1. The van der Waals surface area contributed by atoms with Crippen LogP contribution in [0.25, 0.3) is 6.08 Å². The highest BCUT2D eigenvalue weighted by molar-refractivity contribution is 8.18. The number of nitrogens with zero attached hydrogens (tertiary/aromatic N) is 3. The number of methoxy groups -OCH3 is 1. The molecule has 4 aromatic rings. The zero-order chi connectivity index (χ0) is 29.6. The Balaban J connectivity index is 1.39. The molecule has 4 aromatic carbocycles. The van der Waals surface area contributed by atoms with Gasteiger partial charge in [-0.05, 0) is 70.9 Å². The summed E-state index contributed by atoms with van der Waals surface area (Å²) in [7, 11) is 1.60. The summed E-state index contributed by atoms with van der Waals surface area (Å²) >= 11 is 14.3. The van der Waals surface area contributed by atoms with E-state index in [4.69, 9.17) is 37.7 Å². The van der Waals surface area contributed by atoms with Crippen molar-refractivity contribution in [3.63, 3.8) is 0 Å². The van der Waals surface area contributed by atoms with Gasteiger partial charge in [0.15, 0.2) is 10.9 Å². The van der Waals surface area contributed by atoms with Crippen molar-refractivity contribution in [1.82, 2.24) is 4.90 Å². The molecule has 0 saturated carbocycles. The van der Waals surface area contributed by atoms with Gasteiger partial charge in [-0.2, -0.15) is 0 Å². The van der Waals surface area contributed by atoms with Crippen molar-refractivity contribution in [2.24, 2.45) is 4.99 Å².